The van der Waals surface area contributed by atoms with E-state index in [9.17, 15) is 9.59 Å². The number of carbonyl (C=O) groups is 2. The Balaban J connectivity index is 1.78. The van der Waals surface area contributed by atoms with Gasteiger partial charge >= 0.3 is 5.97 Å². The largest absolute Gasteiger partial charge is 0.481 e. The molecule has 14 heavy (non-hydrogen) atoms. The zero-order valence-corrected chi connectivity index (χ0v) is 8.27. The Morgan fingerprint density at radius 1 is 1.36 bits per heavy atom. The number of carbonyl (C=O) groups excluding carboxylic acids is 1. The normalized spacial score (nSPS) is 24.2. The Morgan fingerprint density at radius 2 is 1.93 bits per heavy atom. The highest BCUT2D eigenvalue weighted by Gasteiger charge is 2.42. The molecule has 1 unspecified atom stereocenters. The third-order valence-electron chi connectivity index (χ3n) is 3.24. The zero-order chi connectivity index (χ0) is 10.3. The molecule has 4 heteroatoms. The standard InChI is InChI=1S/C10H15NO3/c1-6(10(13)14)8-4-11(5-8)9(12)7-2-3-7/h6-8H,2-5H2,1H3,(H,13,14). The van der Waals surface area contributed by atoms with Crippen LogP contribution in [-0.2, 0) is 9.59 Å². The molecule has 1 saturated heterocycles. The predicted octanol–water partition coefficient (Wildman–Crippen LogP) is 0.575. The molecular weight excluding hydrogens is 182 g/mol. The maximum atomic E-state index is 11.5. The molecule has 2 fully saturated rings. The molecule has 1 saturated carbocycles. The van der Waals surface area contributed by atoms with Crippen molar-refractivity contribution in [3.05, 3.63) is 0 Å². The third-order valence-corrected chi connectivity index (χ3v) is 3.24. The van der Waals surface area contributed by atoms with Crippen molar-refractivity contribution in [2.45, 2.75) is 19.8 Å². The van der Waals surface area contributed by atoms with Crippen LogP contribution in [0.1, 0.15) is 19.8 Å². The topological polar surface area (TPSA) is 57.6 Å². The van der Waals surface area contributed by atoms with Crippen molar-refractivity contribution >= 4 is 11.9 Å². The van der Waals surface area contributed by atoms with Crippen LogP contribution >= 0.6 is 0 Å². The van der Waals surface area contributed by atoms with Crippen molar-refractivity contribution in [3.63, 3.8) is 0 Å². The highest BCUT2D eigenvalue weighted by Crippen LogP contribution is 2.34. The minimum absolute atomic E-state index is 0.162. The van der Waals surface area contributed by atoms with Crippen molar-refractivity contribution in [1.29, 1.82) is 0 Å². The monoisotopic (exact) mass is 197 g/mol. The summed E-state index contributed by atoms with van der Waals surface area (Å²) in [4.78, 5) is 24.0. The maximum Gasteiger partial charge on any atom is 0.306 e. The second-order valence-corrected chi connectivity index (χ2v) is 4.40. The number of nitrogens with zero attached hydrogens (tertiary/aromatic N) is 1. The van der Waals surface area contributed by atoms with Gasteiger partial charge in [0, 0.05) is 24.9 Å². The fourth-order valence-electron chi connectivity index (χ4n) is 1.80. The van der Waals surface area contributed by atoms with Gasteiger partial charge in [0.1, 0.15) is 0 Å². The van der Waals surface area contributed by atoms with Gasteiger partial charge in [-0.1, -0.05) is 6.92 Å². The Hall–Kier alpha value is -1.06. The average molecular weight is 197 g/mol. The van der Waals surface area contributed by atoms with Crippen molar-refractivity contribution in [2.24, 2.45) is 17.8 Å². The Morgan fingerprint density at radius 3 is 2.36 bits per heavy atom. The number of likely N-dealkylation sites (tertiary alicyclic amines) is 1. The first-order valence-electron chi connectivity index (χ1n) is 5.11. The molecule has 0 aromatic carbocycles. The van der Waals surface area contributed by atoms with Gasteiger partial charge in [-0.2, -0.15) is 0 Å². The molecular formula is C10H15NO3. The minimum Gasteiger partial charge on any atom is -0.481 e. The summed E-state index contributed by atoms with van der Waals surface area (Å²) in [6.45, 7) is 3.00. The van der Waals surface area contributed by atoms with Crippen molar-refractivity contribution < 1.29 is 14.7 Å². The van der Waals surface area contributed by atoms with E-state index in [2.05, 4.69) is 0 Å². The van der Waals surface area contributed by atoms with Gasteiger partial charge in [-0.3, -0.25) is 9.59 Å². The molecule has 1 N–H and O–H groups in total. The number of rotatable bonds is 3. The summed E-state index contributed by atoms with van der Waals surface area (Å²) >= 11 is 0. The van der Waals surface area contributed by atoms with Gasteiger partial charge < -0.3 is 10.0 Å². The Bertz CT molecular complexity index is 267. The van der Waals surface area contributed by atoms with E-state index >= 15 is 0 Å². The fourth-order valence-corrected chi connectivity index (χ4v) is 1.80. The molecule has 1 atom stereocenters. The second-order valence-electron chi connectivity index (χ2n) is 4.40. The molecule has 0 aromatic rings. The molecule has 78 valence electrons. The van der Waals surface area contributed by atoms with Gasteiger partial charge in [0.2, 0.25) is 5.91 Å². The molecule has 1 heterocycles. The third kappa shape index (κ3) is 1.61. The van der Waals surface area contributed by atoms with Gasteiger partial charge in [-0.15, -0.1) is 0 Å². The van der Waals surface area contributed by atoms with Crippen LogP contribution in [0.4, 0.5) is 0 Å². The SMILES string of the molecule is CC(C(=O)O)C1CN(C(=O)C2CC2)C1. The number of hydrogen-bond acceptors (Lipinski definition) is 2. The molecule has 1 aliphatic carbocycles. The van der Waals surface area contributed by atoms with E-state index in [1.54, 1.807) is 11.8 Å². The zero-order valence-electron chi connectivity index (χ0n) is 8.27. The molecule has 2 aliphatic rings. The Labute approximate surface area is 82.9 Å². The average Bonchev–Trinajstić information content (AvgIpc) is 2.82. The number of hydrogen-bond donors (Lipinski definition) is 1. The molecule has 0 aromatic heterocycles. The first-order chi connectivity index (χ1) is 6.59. The van der Waals surface area contributed by atoms with Crippen molar-refractivity contribution in [1.82, 2.24) is 4.90 Å². The molecule has 1 amide bonds. The molecule has 0 spiro atoms. The van der Waals surface area contributed by atoms with E-state index in [0.717, 1.165) is 12.8 Å². The van der Waals surface area contributed by atoms with Gasteiger partial charge in [0.15, 0.2) is 0 Å². The molecule has 0 radical (unpaired) electrons. The number of carboxylic acid groups (broad SMARTS) is 1. The summed E-state index contributed by atoms with van der Waals surface area (Å²) in [6.07, 6.45) is 2.04. The lowest BCUT2D eigenvalue weighted by Crippen LogP contribution is -2.54. The van der Waals surface area contributed by atoms with Crippen LogP contribution in [-0.4, -0.2) is 35.0 Å². The quantitative estimate of drug-likeness (QED) is 0.719. The second kappa shape index (κ2) is 3.26. The summed E-state index contributed by atoms with van der Waals surface area (Å²) in [6, 6.07) is 0. The van der Waals surface area contributed by atoms with Crippen LogP contribution in [0.25, 0.3) is 0 Å². The molecule has 1 aliphatic heterocycles. The van der Waals surface area contributed by atoms with Gasteiger partial charge in [-0.05, 0) is 12.8 Å². The molecule has 4 nitrogen and oxygen atoms in total. The fraction of sp³-hybridized carbons (Fsp3) is 0.800. The number of aliphatic carboxylic acids is 1. The summed E-state index contributed by atoms with van der Waals surface area (Å²) in [5.41, 5.74) is 0. The Kier molecular flexibility index (Phi) is 2.21. The highest BCUT2D eigenvalue weighted by molar-refractivity contribution is 5.82. The van der Waals surface area contributed by atoms with Crippen LogP contribution in [0.2, 0.25) is 0 Å². The van der Waals surface area contributed by atoms with E-state index in [-0.39, 0.29) is 23.7 Å². The lowest BCUT2D eigenvalue weighted by Gasteiger charge is -2.41. The number of carboxylic acids is 1. The first-order valence-corrected chi connectivity index (χ1v) is 5.11. The van der Waals surface area contributed by atoms with Gasteiger partial charge in [0.05, 0.1) is 5.92 Å². The lowest BCUT2D eigenvalue weighted by atomic mass is 9.87. The smallest absolute Gasteiger partial charge is 0.306 e. The van der Waals surface area contributed by atoms with Gasteiger partial charge in [0.25, 0.3) is 0 Å². The van der Waals surface area contributed by atoms with E-state index in [1.807, 2.05) is 0 Å². The summed E-state index contributed by atoms with van der Waals surface area (Å²) < 4.78 is 0. The lowest BCUT2D eigenvalue weighted by molar-refractivity contribution is -0.151. The van der Waals surface area contributed by atoms with E-state index in [1.165, 1.54) is 0 Å². The summed E-state index contributed by atoms with van der Waals surface area (Å²) in [7, 11) is 0. The summed E-state index contributed by atoms with van der Waals surface area (Å²) in [5, 5.41) is 8.76. The van der Waals surface area contributed by atoms with E-state index in [0.29, 0.717) is 13.1 Å². The minimum atomic E-state index is -0.756. The van der Waals surface area contributed by atoms with Crippen molar-refractivity contribution in [3.8, 4) is 0 Å². The van der Waals surface area contributed by atoms with Crippen LogP contribution in [0.3, 0.4) is 0 Å². The summed E-state index contributed by atoms with van der Waals surface area (Å²) in [5.74, 6) is -0.420. The van der Waals surface area contributed by atoms with Crippen LogP contribution in [0.15, 0.2) is 0 Å². The van der Waals surface area contributed by atoms with Gasteiger partial charge in [-0.25, -0.2) is 0 Å². The van der Waals surface area contributed by atoms with Crippen molar-refractivity contribution in [2.75, 3.05) is 13.1 Å². The molecule has 2 rings (SSSR count). The highest BCUT2D eigenvalue weighted by atomic mass is 16.4. The maximum absolute atomic E-state index is 11.5. The van der Waals surface area contributed by atoms with Crippen LogP contribution in [0, 0.1) is 17.8 Å². The van der Waals surface area contributed by atoms with E-state index < -0.39 is 5.97 Å². The first kappa shape index (κ1) is 9.49. The molecule has 0 bridgehead atoms. The van der Waals surface area contributed by atoms with Crippen LogP contribution < -0.4 is 0 Å². The van der Waals surface area contributed by atoms with E-state index in [4.69, 9.17) is 5.11 Å². The number of amides is 1. The van der Waals surface area contributed by atoms with Crippen LogP contribution in [0.5, 0.6) is 0 Å². The predicted molar refractivity (Wildman–Crippen MR) is 49.6 cm³/mol.